The number of hydrogen-bond donors (Lipinski definition) is 0. The van der Waals surface area contributed by atoms with Crippen LogP contribution < -0.4 is 0 Å². The molecule has 0 N–H and O–H groups in total. The molecule has 64 valence electrons. The van der Waals surface area contributed by atoms with E-state index in [2.05, 4.69) is 48.3 Å². The van der Waals surface area contributed by atoms with Crippen molar-refractivity contribution in [1.82, 2.24) is 0 Å². The molecule has 0 saturated carbocycles. The summed E-state index contributed by atoms with van der Waals surface area (Å²) >= 11 is 9.10. The molecule has 0 spiro atoms. The topological polar surface area (TPSA) is 0 Å². The summed E-state index contributed by atoms with van der Waals surface area (Å²) in [4.78, 5) is 4.59. The Morgan fingerprint density at radius 1 is 1.09 bits per heavy atom. The first-order valence-electron chi connectivity index (χ1n) is 3.21. The van der Waals surface area contributed by atoms with E-state index in [1.165, 1.54) is 0 Å². The van der Waals surface area contributed by atoms with E-state index < -0.39 is 0 Å². The minimum atomic E-state index is 0.230. The molecule has 0 aliphatic carbocycles. The molecule has 3 heteroatoms. The first kappa shape index (κ1) is 17.9. The molecule has 0 nitrogen and oxygen atoms in total. The fraction of sp³-hybridized carbons (Fsp3) is 0.500. The van der Waals surface area contributed by atoms with Gasteiger partial charge < -0.3 is 25.3 Å². The van der Waals surface area contributed by atoms with Crippen LogP contribution in [0.15, 0.2) is 25.3 Å². The van der Waals surface area contributed by atoms with Crippen molar-refractivity contribution >= 4 is 46.4 Å². The minimum absolute atomic E-state index is 0.230. The van der Waals surface area contributed by atoms with Crippen molar-refractivity contribution in [3.8, 4) is 0 Å². The van der Waals surface area contributed by atoms with Gasteiger partial charge in [0.05, 0.1) is 0 Å². The molecule has 0 rings (SSSR count). The Kier molecular flexibility index (Phi) is 49.8. The molecule has 0 atom stereocenters. The summed E-state index contributed by atoms with van der Waals surface area (Å²) in [6, 6.07) is 0. The van der Waals surface area contributed by atoms with Crippen LogP contribution in [0, 0.1) is 0 Å². The average Bonchev–Trinajstić information content (AvgIpc) is 2.06. The van der Waals surface area contributed by atoms with Gasteiger partial charge in [-0.15, -0.1) is 25.3 Å². The third-order valence-electron chi connectivity index (χ3n) is 0.236. The molecule has 0 aromatic carbocycles. The van der Waals surface area contributed by atoms with Gasteiger partial charge in [0.25, 0.3) is 0 Å². The fourth-order valence-corrected chi connectivity index (χ4v) is 0. The van der Waals surface area contributed by atoms with Crippen molar-refractivity contribution in [3.05, 3.63) is 25.3 Å². The number of rotatable bonds is 2. The average molecular weight is 295 g/mol. The molecule has 11 heavy (non-hydrogen) atoms. The third kappa shape index (κ3) is 99.8. The summed E-state index contributed by atoms with van der Waals surface area (Å²) in [6.07, 6.45) is 3.38. The summed E-state index contributed by atoms with van der Waals surface area (Å²) in [5.74, 6) is 1.33. The zero-order valence-corrected chi connectivity index (χ0v) is 11.8. The first-order chi connectivity index (χ1) is 5.24. The van der Waals surface area contributed by atoms with Gasteiger partial charge in [-0.25, -0.2) is 0 Å². The Bertz CT molecular complexity index is 57.1. The fourth-order valence-electron chi connectivity index (χ4n) is 0. The van der Waals surface area contributed by atoms with Crippen molar-refractivity contribution in [3.63, 3.8) is 0 Å². The Morgan fingerprint density at radius 2 is 1.18 bits per heavy atom. The van der Waals surface area contributed by atoms with Crippen LogP contribution in [0.25, 0.3) is 0 Å². The van der Waals surface area contributed by atoms with Crippen molar-refractivity contribution < 1.29 is 0 Å². The molecule has 0 aliphatic rings. The van der Waals surface area contributed by atoms with E-state index >= 15 is 0 Å². The summed E-state index contributed by atoms with van der Waals surface area (Å²) in [6.45, 7) is 6.75. The molecule has 0 aromatic rings. The van der Waals surface area contributed by atoms with Gasteiger partial charge in [-0.1, -0.05) is 0 Å². The van der Waals surface area contributed by atoms with E-state index in [0.29, 0.717) is 11.5 Å². The third-order valence-corrected chi connectivity index (χ3v) is 0.707. The molecule has 0 bridgehead atoms. The molecule has 0 aliphatic heterocycles. The quantitative estimate of drug-likeness (QED) is 0.435. The van der Waals surface area contributed by atoms with Crippen LogP contribution in [0.5, 0.6) is 0 Å². The van der Waals surface area contributed by atoms with Crippen LogP contribution >= 0.6 is 0 Å². The van der Waals surface area contributed by atoms with Gasteiger partial charge in [-0.05, 0) is 0 Å². The van der Waals surface area contributed by atoms with Crippen LogP contribution in [-0.4, -0.2) is 32.6 Å². The van der Waals surface area contributed by atoms with Crippen LogP contribution in [0.3, 0.4) is 0 Å². The van der Waals surface area contributed by atoms with E-state index in [4.69, 9.17) is 0 Å². The Hall–Kier alpha value is 0.979. The molecular formula is C8H16S2Sn. The van der Waals surface area contributed by atoms with Crippen molar-refractivity contribution in [1.29, 1.82) is 0 Å². The van der Waals surface area contributed by atoms with E-state index in [9.17, 15) is 0 Å². The zero-order valence-electron chi connectivity index (χ0n) is 7.30. The molecule has 0 heterocycles. The summed E-state index contributed by atoms with van der Waals surface area (Å²) in [5, 5.41) is 0. The SMILES string of the molecule is C=CC[S-].C=CC[S-].[CH3][Sn+2][CH3]. The Morgan fingerprint density at radius 3 is 1.18 bits per heavy atom. The summed E-state index contributed by atoms with van der Waals surface area (Å²) < 4.78 is 0. The molecule has 0 fully saturated rings. The zero-order chi connectivity index (χ0) is 9.54. The Balaban J connectivity index is -0.0000000886. The Labute approximate surface area is 92.6 Å². The van der Waals surface area contributed by atoms with E-state index in [0.717, 1.165) is 0 Å². The van der Waals surface area contributed by atoms with Gasteiger partial charge in [0.15, 0.2) is 0 Å². The standard InChI is InChI=1S/2C3H6S.2CH3.Sn/c2*1-2-3-4;;;/h2*2,4H,1,3H2;2*1H3;/q;;;;+2/p-2. The normalized spacial score (nSPS) is 5.45. The molecule has 0 unspecified atom stereocenters. The van der Waals surface area contributed by atoms with Gasteiger partial charge >= 0.3 is 31.0 Å². The van der Waals surface area contributed by atoms with Gasteiger partial charge in [-0.3, -0.25) is 0 Å². The van der Waals surface area contributed by atoms with Crippen molar-refractivity contribution in [2.24, 2.45) is 0 Å². The molecule has 0 amide bonds. The maximum atomic E-state index is 4.44. The van der Waals surface area contributed by atoms with E-state index in [1.54, 1.807) is 12.2 Å². The van der Waals surface area contributed by atoms with Crippen LogP contribution in [0.4, 0.5) is 0 Å². The second kappa shape index (κ2) is 30.6. The van der Waals surface area contributed by atoms with Crippen LogP contribution in [0.2, 0.25) is 9.88 Å². The molecule has 0 saturated heterocycles. The van der Waals surface area contributed by atoms with Crippen LogP contribution in [-0.2, 0) is 25.3 Å². The second-order valence-corrected chi connectivity index (χ2v) is 4.93. The van der Waals surface area contributed by atoms with E-state index in [-0.39, 0.29) is 21.1 Å². The molecule has 0 radical (unpaired) electrons. The van der Waals surface area contributed by atoms with Gasteiger partial charge in [0, 0.05) is 0 Å². The van der Waals surface area contributed by atoms with Gasteiger partial charge in [-0.2, -0.15) is 11.5 Å². The van der Waals surface area contributed by atoms with Crippen LogP contribution in [0.1, 0.15) is 0 Å². The predicted octanol–water partition coefficient (Wildman–Crippen LogP) is 2.23. The van der Waals surface area contributed by atoms with Crippen molar-refractivity contribution in [2.45, 2.75) is 9.88 Å². The van der Waals surface area contributed by atoms with Gasteiger partial charge in [0.1, 0.15) is 0 Å². The van der Waals surface area contributed by atoms with Gasteiger partial charge in [0.2, 0.25) is 0 Å². The second-order valence-electron chi connectivity index (χ2n) is 1.41. The first-order valence-corrected chi connectivity index (χ1v) is 10.1. The van der Waals surface area contributed by atoms with E-state index in [1.807, 2.05) is 0 Å². The maximum absolute atomic E-state index is 4.44. The number of hydrogen-bond acceptors (Lipinski definition) is 2. The summed E-state index contributed by atoms with van der Waals surface area (Å²) in [5.41, 5.74) is 0. The monoisotopic (exact) mass is 296 g/mol. The predicted molar refractivity (Wildman–Crippen MR) is 62.3 cm³/mol. The molecule has 0 aromatic heterocycles. The summed E-state index contributed by atoms with van der Waals surface area (Å²) in [7, 11) is 0. The van der Waals surface area contributed by atoms with Crippen molar-refractivity contribution in [2.75, 3.05) is 11.5 Å². The molecular weight excluding hydrogens is 279 g/mol.